The van der Waals surface area contributed by atoms with Crippen LogP contribution in [0.3, 0.4) is 0 Å². The zero-order chi connectivity index (χ0) is 21.9. The fraction of sp³-hybridized carbons (Fsp3) is 0. The van der Waals surface area contributed by atoms with E-state index in [1.165, 1.54) is 0 Å². The standard InChI is InChI=1S/C28H15ClN2OS/c29-21-14-7-12-19-24-27(33-26(19)21)23(16-8-2-1-3-9-16)30-28(31-24)20-13-6-11-18-17-10-4-5-15-22(17)32-25(18)20/h1-15H. The molecule has 0 N–H and O–H groups in total. The number of furan rings is 1. The normalized spacial score (nSPS) is 11.8. The maximum Gasteiger partial charge on any atom is 0.164 e. The lowest BCUT2D eigenvalue weighted by Gasteiger charge is -2.07. The van der Waals surface area contributed by atoms with Gasteiger partial charge in [-0.1, -0.05) is 84.4 Å². The van der Waals surface area contributed by atoms with E-state index in [1.807, 2.05) is 60.7 Å². The molecule has 0 fully saturated rings. The van der Waals surface area contributed by atoms with Gasteiger partial charge in [0.25, 0.3) is 0 Å². The summed E-state index contributed by atoms with van der Waals surface area (Å²) < 4.78 is 8.34. The van der Waals surface area contributed by atoms with Crippen molar-refractivity contribution in [1.29, 1.82) is 0 Å². The first kappa shape index (κ1) is 18.8. The Balaban J connectivity index is 1.61. The van der Waals surface area contributed by atoms with Crippen molar-refractivity contribution < 1.29 is 4.42 Å². The minimum Gasteiger partial charge on any atom is -0.455 e. The summed E-state index contributed by atoms with van der Waals surface area (Å²) in [5.41, 5.74) is 5.40. The number of benzene rings is 4. The molecule has 156 valence electrons. The number of nitrogens with zero attached hydrogens (tertiary/aromatic N) is 2. The molecule has 3 heterocycles. The van der Waals surface area contributed by atoms with E-state index >= 15 is 0 Å². The first-order valence-corrected chi connectivity index (χ1v) is 11.8. The summed E-state index contributed by atoms with van der Waals surface area (Å²) >= 11 is 8.19. The third kappa shape index (κ3) is 2.81. The molecule has 7 rings (SSSR count). The lowest BCUT2D eigenvalue weighted by atomic mass is 10.1. The van der Waals surface area contributed by atoms with Crippen molar-refractivity contribution in [2.24, 2.45) is 0 Å². The third-order valence-electron chi connectivity index (χ3n) is 5.98. The summed E-state index contributed by atoms with van der Waals surface area (Å²) in [6, 6.07) is 30.5. The second-order valence-electron chi connectivity index (χ2n) is 7.94. The van der Waals surface area contributed by atoms with Gasteiger partial charge in [-0.05, 0) is 18.2 Å². The van der Waals surface area contributed by atoms with E-state index in [-0.39, 0.29) is 0 Å². The second kappa shape index (κ2) is 7.14. The summed E-state index contributed by atoms with van der Waals surface area (Å²) in [6.07, 6.45) is 0. The molecule has 0 aliphatic carbocycles. The van der Waals surface area contributed by atoms with E-state index in [2.05, 4.69) is 30.3 Å². The van der Waals surface area contributed by atoms with E-state index in [9.17, 15) is 0 Å². The molecule has 33 heavy (non-hydrogen) atoms. The van der Waals surface area contributed by atoms with Crippen LogP contribution >= 0.6 is 22.9 Å². The van der Waals surface area contributed by atoms with Gasteiger partial charge in [-0.15, -0.1) is 11.3 Å². The summed E-state index contributed by atoms with van der Waals surface area (Å²) in [5.74, 6) is 0.644. The molecule has 0 saturated carbocycles. The predicted molar refractivity (Wildman–Crippen MR) is 138 cm³/mol. The fourth-order valence-corrected chi connectivity index (χ4v) is 5.91. The third-order valence-corrected chi connectivity index (χ3v) is 7.65. The Labute approximate surface area is 197 Å². The van der Waals surface area contributed by atoms with Gasteiger partial charge in [-0.2, -0.15) is 0 Å². The van der Waals surface area contributed by atoms with Crippen molar-refractivity contribution in [2.45, 2.75) is 0 Å². The average molecular weight is 463 g/mol. The molecule has 7 aromatic rings. The highest BCUT2D eigenvalue weighted by Gasteiger charge is 2.20. The van der Waals surface area contributed by atoms with Crippen LogP contribution in [0.5, 0.6) is 0 Å². The number of rotatable bonds is 2. The second-order valence-corrected chi connectivity index (χ2v) is 9.37. The van der Waals surface area contributed by atoms with Crippen LogP contribution in [0.15, 0.2) is 95.4 Å². The van der Waals surface area contributed by atoms with Gasteiger partial charge < -0.3 is 4.42 Å². The van der Waals surface area contributed by atoms with E-state index in [0.29, 0.717) is 5.82 Å². The van der Waals surface area contributed by atoms with E-state index in [4.69, 9.17) is 26.0 Å². The van der Waals surface area contributed by atoms with Crippen LogP contribution in [-0.2, 0) is 0 Å². The Kier molecular flexibility index (Phi) is 4.07. The number of hydrogen-bond donors (Lipinski definition) is 0. The molecule has 0 unspecified atom stereocenters. The number of halogens is 1. The van der Waals surface area contributed by atoms with Gasteiger partial charge in [0, 0.05) is 21.7 Å². The lowest BCUT2D eigenvalue weighted by molar-refractivity contribution is 0.669. The van der Waals surface area contributed by atoms with Crippen LogP contribution in [0.2, 0.25) is 5.02 Å². The van der Waals surface area contributed by atoms with Crippen LogP contribution < -0.4 is 0 Å². The first-order chi connectivity index (χ1) is 16.3. The Hall–Kier alpha value is -3.73. The Morgan fingerprint density at radius 1 is 0.667 bits per heavy atom. The summed E-state index contributed by atoms with van der Waals surface area (Å²) in [5, 5.41) is 3.92. The minimum absolute atomic E-state index is 0.644. The molecule has 0 aliphatic rings. The quantitative estimate of drug-likeness (QED) is 0.258. The van der Waals surface area contributed by atoms with Gasteiger partial charge in [0.2, 0.25) is 0 Å². The Morgan fingerprint density at radius 3 is 2.33 bits per heavy atom. The van der Waals surface area contributed by atoms with Crippen LogP contribution in [0.1, 0.15) is 0 Å². The van der Waals surface area contributed by atoms with E-state index in [1.54, 1.807) is 11.3 Å². The molecule has 0 bridgehead atoms. The van der Waals surface area contributed by atoms with Gasteiger partial charge in [0.05, 0.1) is 31.2 Å². The first-order valence-electron chi connectivity index (χ1n) is 10.6. The van der Waals surface area contributed by atoms with Crippen LogP contribution in [0, 0.1) is 0 Å². The van der Waals surface area contributed by atoms with Crippen molar-refractivity contribution in [3.05, 3.63) is 96.0 Å². The molecule has 3 aromatic heterocycles. The zero-order valence-electron chi connectivity index (χ0n) is 17.2. The maximum atomic E-state index is 6.55. The monoisotopic (exact) mass is 462 g/mol. The molecular formula is C28H15ClN2OS. The Bertz CT molecular complexity index is 1840. The number of hydrogen-bond acceptors (Lipinski definition) is 4. The van der Waals surface area contributed by atoms with Crippen LogP contribution in [-0.4, -0.2) is 9.97 Å². The molecule has 0 aliphatic heterocycles. The van der Waals surface area contributed by atoms with Gasteiger partial charge in [-0.25, -0.2) is 9.97 Å². The molecule has 3 nitrogen and oxygen atoms in total. The van der Waals surface area contributed by atoms with E-state index in [0.717, 1.165) is 64.1 Å². The van der Waals surface area contributed by atoms with Gasteiger partial charge >= 0.3 is 0 Å². The van der Waals surface area contributed by atoms with Crippen LogP contribution in [0.25, 0.3) is 64.9 Å². The summed E-state index contributed by atoms with van der Waals surface area (Å²) in [6.45, 7) is 0. The smallest absolute Gasteiger partial charge is 0.164 e. The highest BCUT2D eigenvalue weighted by Crippen LogP contribution is 2.43. The number of thiophene rings is 1. The molecular weight excluding hydrogens is 448 g/mol. The highest BCUT2D eigenvalue weighted by atomic mass is 35.5. The van der Waals surface area contributed by atoms with Crippen LogP contribution in [0.4, 0.5) is 0 Å². The van der Waals surface area contributed by atoms with Gasteiger partial charge in [-0.3, -0.25) is 0 Å². The predicted octanol–water partition coefficient (Wildman–Crippen LogP) is 8.73. The number of fused-ring (bicyclic) bond motifs is 6. The topological polar surface area (TPSA) is 38.9 Å². The van der Waals surface area contributed by atoms with Gasteiger partial charge in [0.15, 0.2) is 5.82 Å². The molecule has 5 heteroatoms. The molecule has 0 atom stereocenters. The van der Waals surface area contributed by atoms with Crippen molar-refractivity contribution in [2.75, 3.05) is 0 Å². The Morgan fingerprint density at radius 2 is 1.42 bits per heavy atom. The lowest BCUT2D eigenvalue weighted by Crippen LogP contribution is -1.93. The molecule has 4 aromatic carbocycles. The van der Waals surface area contributed by atoms with Crippen molar-refractivity contribution in [3.8, 4) is 22.6 Å². The maximum absolute atomic E-state index is 6.55. The zero-order valence-corrected chi connectivity index (χ0v) is 18.8. The van der Waals surface area contributed by atoms with Crippen molar-refractivity contribution >= 4 is 65.2 Å². The summed E-state index contributed by atoms with van der Waals surface area (Å²) in [7, 11) is 0. The number of aromatic nitrogens is 2. The molecule has 0 spiro atoms. The average Bonchev–Trinajstić information content (AvgIpc) is 3.43. The largest absolute Gasteiger partial charge is 0.455 e. The summed E-state index contributed by atoms with van der Waals surface area (Å²) in [4.78, 5) is 10.1. The van der Waals surface area contributed by atoms with E-state index < -0.39 is 0 Å². The number of para-hydroxylation sites is 2. The van der Waals surface area contributed by atoms with Crippen molar-refractivity contribution in [3.63, 3.8) is 0 Å². The van der Waals surface area contributed by atoms with Crippen molar-refractivity contribution in [1.82, 2.24) is 9.97 Å². The SMILES string of the molecule is Clc1cccc2c1sc1c(-c3ccccc3)nc(-c3cccc4c3oc3ccccc34)nc12. The minimum atomic E-state index is 0.644. The molecule has 0 amide bonds. The molecule has 0 radical (unpaired) electrons. The fourth-order valence-electron chi connectivity index (χ4n) is 4.47. The van der Waals surface area contributed by atoms with Gasteiger partial charge in [0.1, 0.15) is 11.2 Å². The highest BCUT2D eigenvalue weighted by molar-refractivity contribution is 7.26. The molecule has 0 saturated heterocycles.